The number of ketones is 1. The Labute approximate surface area is 222 Å². The van der Waals surface area contributed by atoms with Gasteiger partial charge in [0.25, 0.3) is 0 Å². The molecule has 37 heavy (non-hydrogen) atoms. The zero-order chi connectivity index (χ0) is 25.7. The fourth-order valence-corrected chi connectivity index (χ4v) is 8.58. The summed E-state index contributed by atoms with van der Waals surface area (Å²) in [7, 11) is 0. The smallest absolute Gasteiger partial charge is 0.339 e. The summed E-state index contributed by atoms with van der Waals surface area (Å²) in [5.41, 5.74) is 3.03. The Morgan fingerprint density at radius 1 is 1.00 bits per heavy atom. The van der Waals surface area contributed by atoms with Crippen LogP contribution in [0.3, 0.4) is 0 Å². The first kappa shape index (κ1) is 24.8. The van der Waals surface area contributed by atoms with Gasteiger partial charge in [0, 0.05) is 33.4 Å². The Morgan fingerprint density at radius 2 is 1.65 bits per heavy atom. The van der Waals surface area contributed by atoms with Gasteiger partial charge in [-0.15, -0.1) is 11.8 Å². The largest absolute Gasteiger partial charge is 0.454 e. The maximum absolute atomic E-state index is 13.0. The van der Waals surface area contributed by atoms with Crippen molar-refractivity contribution in [1.29, 1.82) is 0 Å². The van der Waals surface area contributed by atoms with Gasteiger partial charge in [0.1, 0.15) is 0 Å². The van der Waals surface area contributed by atoms with Crippen molar-refractivity contribution in [2.75, 3.05) is 12.4 Å². The third-order valence-corrected chi connectivity index (χ3v) is 10.0. The first-order chi connectivity index (χ1) is 17.8. The molecular formula is C30H36N2O4S. The molecule has 0 radical (unpaired) electrons. The number of hydrogen-bond donors (Lipinski definition) is 1. The molecule has 5 saturated carbocycles. The fraction of sp³-hybridized carbons (Fsp3) is 0.567. The molecule has 1 N–H and O–H groups in total. The lowest BCUT2D eigenvalue weighted by molar-refractivity contribution is -0.124. The Hall–Kier alpha value is -2.54. The van der Waals surface area contributed by atoms with Crippen LogP contribution in [0.4, 0.5) is 0 Å². The average Bonchev–Trinajstić information content (AvgIpc) is 3.63. The molecule has 7 heteroatoms. The molecule has 7 rings (SSSR count). The molecule has 0 unspecified atom stereocenters. The van der Waals surface area contributed by atoms with Gasteiger partial charge in [-0.2, -0.15) is 0 Å². The van der Waals surface area contributed by atoms with Gasteiger partial charge in [0.15, 0.2) is 6.61 Å². The number of thioether (sulfide) groups is 1. The van der Waals surface area contributed by atoms with Gasteiger partial charge >= 0.3 is 5.97 Å². The van der Waals surface area contributed by atoms with Crippen molar-refractivity contribution >= 4 is 29.4 Å². The molecule has 2 aromatic rings. The predicted molar refractivity (Wildman–Crippen MR) is 143 cm³/mol. The van der Waals surface area contributed by atoms with Crippen molar-refractivity contribution in [2.45, 2.75) is 81.7 Å². The highest BCUT2D eigenvalue weighted by atomic mass is 32.2. The molecule has 0 spiro atoms. The van der Waals surface area contributed by atoms with Crippen LogP contribution in [0.2, 0.25) is 0 Å². The Morgan fingerprint density at radius 3 is 2.30 bits per heavy atom. The number of aromatic nitrogens is 1. The number of nitrogens with zero attached hydrogens (tertiary/aromatic N) is 1. The number of benzene rings is 1. The topological polar surface area (TPSA) is 77.4 Å². The minimum absolute atomic E-state index is 0.0137. The van der Waals surface area contributed by atoms with Crippen LogP contribution in [0, 0.1) is 31.6 Å². The lowest BCUT2D eigenvalue weighted by Gasteiger charge is -2.56. The van der Waals surface area contributed by atoms with Crippen LogP contribution in [0.1, 0.15) is 89.5 Å². The first-order valence-electron chi connectivity index (χ1n) is 13.7. The molecule has 4 bridgehead atoms. The molecule has 5 aliphatic carbocycles. The highest BCUT2D eigenvalue weighted by Gasteiger charge is 2.51. The van der Waals surface area contributed by atoms with Gasteiger partial charge < -0.3 is 14.6 Å². The minimum Gasteiger partial charge on any atom is -0.454 e. The Balaban J connectivity index is 1.05. The second-order valence-corrected chi connectivity index (χ2v) is 12.9. The molecule has 196 valence electrons. The zero-order valence-electron chi connectivity index (χ0n) is 21.8. The van der Waals surface area contributed by atoms with Crippen LogP contribution in [0.25, 0.3) is 0 Å². The van der Waals surface area contributed by atoms with E-state index in [0.717, 1.165) is 61.2 Å². The highest BCUT2D eigenvalue weighted by molar-refractivity contribution is 8.00. The van der Waals surface area contributed by atoms with Crippen molar-refractivity contribution in [2.24, 2.45) is 17.8 Å². The monoisotopic (exact) mass is 520 g/mol. The number of aryl methyl sites for hydroxylation is 1. The molecule has 5 aliphatic rings. The quantitative estimate of drug-likeness (QED) is 0.262. The molecule has 0 atom stereocenters. The van der Waals surface area contributed by atoms with Crippen LogP contribution in [0.15, 0.2) is 35.2 Å². The van der Waals surface area contributed by atoms with E-state index in [1.807, 2.05) is 32.0 Å². The number of Topliss-reactive ketones (excluding diaryl/α,β-unsaturated/α-hetero) is 1. The van der Waals surface area contributed by atoms with Crippen LogP contribution in [0.5, 0.6) is 0 Å². The molecule has 5 fully saturated rings. The normalized spacial score (nSPS) is 27.8. The van der Waals surface area contributed by atoms with E-state index in [1.165, 1.54) is 31.0 Å². The predicted octanol–water partition coefficient (Wildman–Crippen LogP) is 5.66. The minimum atomic E-state index is -0.533. The first-order valence-corrected chi connectivity index (χ1v) is 14.7. The number of esters is 1. The summed E-state index contributed by atoms with van der Waals surface area (Å²) in [5, 5.41) is 3.40. The van der Waals surface area contributed by atoms with E-state index < -0.39 is 5.97 Å². The SMILES string of the molecule is Cc1cc(C(=O)COC(=O)c2ccccc2SCC(=O)NC23CC4CC(CC(C4)C2)C3)c(C)n1C1CC1. The van der Waals surface area contributed by atoms with Crippen molar-refractivity contribution in [3.63, 3.8) is 0 Å². The Bertz CT molecular complexity index is 1210. The number of carbonyl (C=O) groups is 3. The van der Waals surface area contributed by atoms with Gasteiger partial charge in [0.2, 0.25) is 11.7 Å². The molecule has 1 aromatic heterocycles. The van der Waals surface area contributed by atoms with Crippen molar-refractivity contribution in [3.05, 3.63) is 52.8 Å². The lowest BCUT2D eigenvalue weighted by Crippen LogP contribution is -2.60. The van der Waals surface area contributed by atoms with E-state index in [-0.39, 0.29) is 29.6 Å². The van der Waals surface area contributed by atoms with E-state index in [2.05, 4.69) is 9.88 Å². The fourth-order valence-electron chi connectivity index (χ4n) is 7.74. The second kappa shape index (κ2) is 9.64. The molecule has 0 saturated heterocycles. The van der Waals surface area contributed by atoms with E-state index in [9.17, 15) is 14.4 Å². The van der Waals surface area contributed by atoms with Crippen LogP contribution in [-0.2, 0) is 9.53 Å². The molecule has 1 aromatic carbocycles. The van der Waals surface area contributed by atoms with Crippen LogP contribution >= 0.6 is 11.8 Å². The molecule has 1 amide bonds. The summed E-state index contributed by atoms with van der Waals surface area (Å²) in [5.74, 6) is 1.91. The molecule has 0 aliphatic heterocycles. The van der Waals surface area contributed by atoms with E-state index in [1.54, 1.807) is 12.1 Å². The van der Waals surface area contributed by atoms with Gasteiger partial charge in [-0.3, -0.25) is 9.59 Å². The Kier molecular flexibility index (Phi) is 6.46. The summed E-state index contributed by atoms with van der Waals surface area (Å²) < 4.78 is 7.67. The standard InChI is InChI=1S/C30H36N2O4S/c1-18-9-25(19(2)32(18)23-7-8-23)26(33)16-36-29(35)24-5-3-4-6-27(24)37-17-28(34)31-30-13-20-10-21(14-30)12-22(11-20)15-30/h3-6,9,20-23H,7-8,10-17H2,1-2H3,(H,31,34). The molecule has 1 heterocycles. The van der Waals surface area contributed by atoms with Crippen molar-refractivity contribution in [1.82, 2.24) is 9.88 Å². The number of hydrogen-bond acceptors (Lipinski definition) is 5. The summed E-state index contributed by atoms with van der Waals surface area (Å²) in [6, 6.07) is 9.56. The molecular weight excluding hydrogens is 484 g/mol. The average molecular weight is 521 g/mol. The summed E-state index contributed by atoms with van der Waals surface area (Å²) in [6.07, 6.45) is 9.68. The number of carbonyl (C=O) groups excluding carboxylic acids is 3. The maximum atomic E-state index is 13.0. The highest BCUT2D eigenvalue weighted by Crippen LogP contribution is 2.55. The van der Waals surface area contributed by atoms with E-state index >= 15 is 0 Å². The van der Waals surface area contributed by atoms with Crippen molar-refractivity contribution < 1.29 is 19.1 Å². The van der Waals surface area contributed by atoms with Gasteiger partial charge in [-0.25, -0.2) is 4.79 Å². The summed E-state index contributed by atoms with van der Waals surface area (Å²) in [4.78, 5) is 39.5. The maximum Gasteiger partial charge on any atom is 0.339 e. The van der Waals surface area contributed by atoms with Gasteiger partial charge in [0.05, 0.1) is 11.3 Å². The number of ether oxygens (including phenoxy) is 1. The molecule has 6 nitrogen and oxygen atoms in total. The van der Waals surface area contributed by atoms with Crippen LogP contribution < -0.4 is 5.32 Å². The summed E-state index contributed by atoms with van der Waals surface area (Å²) >= 11 is 1.36. The van der Waals surface area contributed by atoms with Gasteiger partial charge in [-0.1, -0.05) is 12.1 Å². The number of amides is 1. The second-order valence-electron chi connectivity index (χ2n) is 11.9. The number of rotatable bonds is 9. The third-order valence-electron chi connectivity index (χ3n) is 8.94. The lowest BCUT2D eigenvalue weighted by atomic mass is 9.53. The van der Waals surface area contributed by atoms with E-state index in [0.29, 0.717) is 22.1 Å². The van der Waals surface area contributed by atoms with Crippen molar-refractivity contribution in [3.8, 4) is 0 Å². The van der Waals surface area contributed by atoms with Gasteiger partial charge in [-0.05, 0) is 101 Å². The van der Waals surface area contributed by atoms with E-state index in [4.69, 9.17) is 4.74 Å². The number of nitrogens with one attached hydrogen (secondary N) is 1. The van der Waals surface area contributed by atoms with Crippen LogP contribution in [-0.4, -0.2) is 40.1 Å². The summed E-state index contributed by atoms with van der Waals surface area (Å²) in [6.45, 7) is 3.68. The third kappa shape index (κ3) is 4.99. The zero-order valence-corrected chi connectivity index (χ0v) is 22.6.